The van der Waals surface area contributed by atoms with Crippen LogP contribution in [-0.4, -0.2) is 59.5 Å². The number of nitrogens with zero attached hydrogens (tertiary/aromatic N) is 3. The fourth-order valence-electron chi connectivity index (χ4n) is 4.04. The molecule has 1 aliphatic heterocycles. The molecule has 3 fully saturated rings. The fraction of sp³-hybridized carbons (Fsp3) is 0.923. The van der Waals surface area contributed by atoms with Crippen LogP contribution in [0.2, 0.25) is 0 Å². The molecule has 0 aromatic carbocycles. The summed E-state index contributed by atoms with van der Waals surface area (Å²) in [6, 6.07) is 0.456. The monoisotopic (exact) mass is 237 g/mol. The Bertz CT molecular complexity index is 310. The van der Waals surface area contributed by atoms with Crippen molar-refractivity contribution in [2.24, 2.45) is 17.0 Å². The summed E-state index contributed by atoms with van der Waals surface area (Å²) >= 11 is 0. The standard InChI is InChI=1S/C13H23N3O/c1-2-15-5-7-16(8-6-15)13-11-4-3-10(9-11)12(13)14-17/h10-11,13,17H,2-9H2,1H3. The van der Waals surface area contributed by atoms with Crippen LogP contribution < -0.4 is 0 Å². The van der Waals surface area contributed by atoms with Crippen LogP contribution in [0.4, 0.5) is 0 Å². The van der Waals surface area contributed by atoms with Crippen molar-refractivity contribution in [1.82, 2.24) is 9.80 Å². The Hall–Kier alpha value is -0.610. The molecule has 1 heterocycles. The van der Waals surface area contributed by atoms with Crippen molar-refractivity contribution in [2.45, 2.75) is 32.2 Å². The van der Waals surface area contributed by atoms with Gasteiger partial charge in [0.15, 0.2) is 0 Å². The van der Waals surface area contributed by atoms with Crippen molar-refractivity contribution in [1.29, 1.82) is 0 Å². The average Bonchev–Trinajstić information content (AvgIpc) is 2.98. The second-order valence-corrected chi connectivity index (χ2v) is 5.71. The van der Waals surface area contributed by atoms with E-state index in [4.69, 9.17) is 0 Å². The first-order valence-corrected chi connectivity index (χ1v) is 7.01. The molecule has 0 radical (unpaired) electrons. The van der Waals surface area contributed by atoms with Gasteiger partial charge in [-0.2, -0.15) is 0 Å². The number of hydrogen-bond acceptors (Lipinski definition) is 4. The largest absolute Gasteiger partial charge is 0.411 e. The quantitative estimate of drug-likeness (QED) is 0.580. The van der Waals surface area contributed by atoms with E-state index in [9.17, 15) is 5.21 Å². The van der Waals surface area contributed by atoms with E-state index in [1.165, 1.54) is 32.4 Å². The van der Waals surface area contributed by atoms with Gasteiger partial charge in [0.2, 0.25) is 0 Å². The topological polar surface area (TPSA) is 39.1 Å². The van der Waals surface area contributed by atoms with Gasteiger partial charge in [0, 0.05) is 32.1 Å². The van der Waals surface area contributed by atoms with Crippen LogP contribution in [0.3, 0.4) is 0 Å². The van der Waals surface area contributed by atoms with Gasteiger partial charge in [-0.25, -0.2) is 0 Å². The third kappa shape index (κ3) is 1.87. The molecule has 3 unspecified atom stereocenters. The van der Waals surface area contributed by atoms with E-state index < -0.39 is 0 Å². The molecule has 96 valence electrons. The zero-order valence-corrected chi connectivity index (χ0v) is 10.7. The van der Waals surface area contributed by atoms with Crippen LogP contribution in [0.25, 0.3) is 0 Å². The summed E-state index contributed by atoms with van der Waals surface area (Å²) in [7, 11) is 0. The maximum atomic E-state index is 9.24. The second-order valence-electron chi connectivity index (χ2n) is 5.71. The Morgan fingerprint density at radius 3 is 2.65 bits per heavy atom. The molecule has 17 heavy (non-hydrogen) atoms. The minimum atomic E-state index is 0.456. The summed E-state index contributed by atoms with van der Waals surface area (Å²) in [4.78, 5) is 5.06. The molecule has 2 bridgehead atoms. The van der Waals surface area contributed by atoms with Crippen molar-refractivity contribution in [3.05, 3.63) is 0 Å². The summed E-state index contributed by atoms with van der Waals surface area (Å²) in [5.41, 5.74) is 1.09. The predicted octanol–water partition coefficient (Wildman–Crippen LogP) is 1.25. The average molecular weight is 237 g/mol. The normalized spacial score (nSPS) is 41.5. The van der Waals surface area contributed by atoms with Crippen LogP contribution in [0.15, 0.2) is 5.16 Å². The Morgan fingerprint density at radius 2 is 2.00 bits per heavy atom. The smallest absolute Gasteiger partial charge is 0.0775 e. The molecule has 1 saturated heterocycles. The molecule has 4 nitrogen and oxygen atoms in total. The summed E-state index contributed by atoms with van der Waals surface area (Å²) in [6.07, 6.45) is 3.84. The van der Waals surface area contributed by atoms with E-state index in [-0.39, 0.29) is 0 Å². The van der Waals surface area contributed by atoms with Gasteiger partial charge in [-0.1, -0.05) is 12.1 Å². The van der Waals surface area contributed by atoms with Gasteiger partial charge in [-0.15, -0.1) is 0 Å². The lowest BCUT2D eigenvalue weighted by molar-refractivity contribution is 0.102. The fourth-order valence-corrected chi connectivity index (χ4v) is 4.04. The third-order valence-corrected chi connectivity index (χ3v) is 5.00. The molecule has 4 heteroatoms. The van der Waals surface area contributed by atoms with E-state index in [2.05, 4.69) is 21.9 Å². The van der Waals surface area contributed by atoms with Crippen molar-refractivity contribution in [3.8, 4) is 0 Å². The van der Waals surface area contributed by atoms with Crippen LogP contribution in [0.5, 0.6) is 0 Å². The number of fused-ring (bicyclic) bond motifs is 2. The highest BCUT2D eigenvalue weighted by molar-refractivity contribution is 5.94. The Balaban J connectivity index is 1.68. The first-order chi connectivity index (χ1) is 8.33. The lowest BCUT2D eigenvalue weighted by atomic mass is 9.91. The third-order valence-electron chi connectivity index (χ3n) is 5.00. The molecule has 0 aromatic heterocycles. The van der Waals surface area contributed by atoms with Gasteiger partial charge in [0.25, 0.3) is 0 Å². The van der Waals surface area contributed by atoms with E-state index in [0.29, 0.717) is 12.0 Å². The summed E-state index contributed by atoms with van der Waals surface area (Å²) < 4.78 is 0. The minimum Gasteiger partial charge on any atom is -0.411 e. The molecule has 2 aliphatic carbocycles. The van der Waals surface area contributed by atoms with Crippen LogP contribution in [-0.2, 0) is 0 Å². The summed E-state index contributed by atoms with van der Waals surface area (Å²) in [6.45, 7) is 8.01. The number of hydrogen-bond donors (Lipinski definition) is 1. The number of likely N-dealkylation sites (N-methyl/N-ethyl adjacent to an activating group) is 1. The van der Waals surface area contributed by atoms with Gasteiger partial charge < -0.3 is 10.1 Å². The molecule has 3 aliphatic rings. The molecule has 0 aromatic rings. The maximum Gasteiger partial charge on any atom is 0.0775 e. The van der Waals surface area contributed by atoms with Crippen molar-refractivity contribution >= 4 is 5.71 Å². The first-order valence-electron chi connectivity index (χ1n) is 7.01. The molecule has 3 atom stereocenters. The molecule has 3 rings (SSSR count). The zero-order chi connectivity index (χ0) is 11.8. The molecular formula is C13H23N3O. The number of oxime groups is 1. The highest BCUT2D eigenvalue weighted by atomic mass is 16.4. The zero-order valence-electron chi connectivity index (χ0n) is 10.7. The lowest BCUT2D eigenvalue weighted by Crippen LogP contribution is -2.54. The van der Waals surface area contributed by atoms with Crippen LogP contribution in [0, 0.1) is 11.8 Å². The highest BCUT2D eigenvalue weighted by Gasteiger charge is 2.48. The van der Waals surface area contributed by atoms with Gasteiger partial charge >= 0.3 is 0 Å². The first kappa shape index (κ1) is 11.5. The molecule has 2 saturated carbocycles. The minimum absolute atomic E-state index is 0.456. The highest BCUT2D eigenvalue weighted by Crippen LogP contribution is 2.45. The molecule has 0 amide bonds. The Morgan fingerprint density at radius 1 is 1.24 bits per heavy atom. The van der Waals surface area contributed by atoms with Crippen LogP contribution >= 0.6 is 0 Å². The molecule has 0 spiro atoms. The lowest BCUT2D eigenvalue weighted by Gasteiger charge is -2.40. The van der Waals surface area contributed by atoms with E-state index in [1.807, 2.05) is 0 Å². The van der Waals surface area contributed by atoms with Gasteiger partial charge in [-0.3, -0.25) is 4.90 Å². The summed E-state index contributed by atoms with van der Waals surface area (Å²) in [5, 5.41) is 12.9. The maximum absolute atomic E-state index is 9.24. The molecule has 1 N–H and O–H groups in total. The van der Waals surface area contributed by atoms with E-state index in [1.54, 1.807) is 0 Å². The number of piperazine rings is 1. The van der Waals surface area contributed by atoms with Crippen molar-refractivity contribution < 1.29 is 5.21 Å². The van der Waals surface area contributed by atoms with Gasteiger partial charge in [0.05, 0.1) is 11.8 Å². The van der Waals surface area contributed by atoms with E-state index >= 15 is 0 Å². The van der Waals surface area contributed by atoms with Crippen LogP contribution in [0.1, 0.15) is 26.2 Å². The summed E-state index contributed by atoms with van der Waals surface area (Å²) in [5.74, 6) is 1.35. The van der Waals surface area contributed by atoms with E-state index in [0.717, 1.165) is 31.3 Å². The number of rotatable bonds is 2. The van der Waals surface area contributed by atoms with Crippen molar-refractivity contribution in [2.75, 3.05) is 32.7 Å². The Kier molecular flexibility index (Phi) is 3.09. The molecular weight excluding hydrogens is 214 g/mol. The SMILES string of the molecule is CCN1CCN(C2C(=NO)C3CCC2C3)CC1. The van der Waals surface area contributed by atoms with Gasteiger partial charge in [-0.05, 0) is 31.7 Å². The van der Waals surface area contributed by atoms with Crippen molar-refractivity contribution in [3.63, 3.8) is 0 Å². The van der Waals surface area contributed by atoms with Gasteiger partial charge in [0.1, 0.15) is 0 Å². The predicted molar refractivity (Wildman–Crippen MR) is 67.5 cm³/mol. The second kappa shape index (κ2) is 4.58. The Labute approximate surface area is 103 Å².